The number of benzene rings is 2. The molecule has 0 radical (unpaired) electrons. The van der Waals surface area contributed by atoms with Gasteiger partial charge in [0.2, 0.25) is 0 Å². The lowest BCUT2D eigenvalue weighted by atomic mass is 9.86. The molecule has 20 heavy (non-hydrogen) atoms. The van der Waals surface area contributed by atoms with Crippen molar-refractivity contribution in [3.8, 4) is 0 Å². The summed E-state index contributed by atoms with van der Waals surface area (Å²) < 4.78 is 0. The second-order valence-electron chi connectivity index (χ2n) is 4.03. The van der Waals surface area contributed by atoms with Crippen molar-refractivity contribution in [3.05, 3.63) is 81.9 Å². The molecule has 6 heteroatoms. The minimum Gasteiger partial charge on any atom is -0.479 e. The molecule has 0 spiro atoms. The third-order valence-corrected chi connectivity index (χ3v) is 2.87. The highest BCUT2D eigenvalue weighted by molar-refractivity contribution is 5.84. The Morgan fingerprint density at radius 2 is 1.40 bits per heavy atom. The molecule has 0 aliphatic heterocycles. The van der Waals surface area contributed by atoms with Crippen LogP contribution in [0.25, 0.3) is 0 Å². The molecule has 6 nitrogen and oxygen atoms in total. The lowest BCUT2D eigenvalue weighted by Crippen LogP contribution is -2.41. The van der Waals surface area contributed by atoms with Crippen molar-refractivity contribution in [1.82, 2.24) is 0 Å². The Kier molecular flexibility index (Phi) is 3.65. The Hall–Kier alpha value is -2.89. The monoisotopic (exact) mass is 273 g/mol. The first-order valence-corrected chi connectivity index (χ1v) is 5.75. The van der Waals surface area contributed by atoms with Crippen LogP contribution in [0.3, 0.4) is 0 Å². The highest BCUT2D eigenvalue weighted by Crippen LogP contribution is 2.34. The number of hydrogen-bond donors (Lipinski definition) is 1. The van der Waals surface area contributed by atoms with Crippen LogP contribution < -0.4 is 0 Å². The zero-order valence-electron chi connectivity index (χ0n) is 10.3. The maximum Gasteiger partial charge on any atom is 0.345 e. The number of hydrogen-bond acceptors (Lipinski definition) is 4. The Morgan fingerprint density at radius 3 is 1.70 bits per heavy atom. The van der Waals surface area contributed by atoms with E-state index in [1.807, 2.05) is 0 Å². The van der Waals surface area contributed by atoms with Crippen LogP contribution >= 0.6 is 0 Å². The third-order valence-electron chi connectivity index (χ3n) is 2.87. The summed E-state index contributed by atoms with van der Waals surface area (Å²) in [6, 6.07) is 15.7. The van der Waals surface area contributed by atoms with E-state index in [-0.39, 0.29) is 11.1 Å². The summed E-state index contributed by atoms with van der Waals surface area (Å²) in [4.78, 5) is 27.1. The first-order valence-electron chi connectivity index (χ1n) is 5.75. The topological polar surface area (TPSA) is 89.7 Å². The fourth-order valence-electron chi connectivity index (χ4n) is 2.02. The van der Waals surface area contributed by atoms with Crippen molar-refractivity contribution < 1.29 is 19.8 Å². The van der Waals surface area contributed by atoms with Gasteiger partial charge in [0.05, 0.1) is 0 Å². The van der Waals surface area contributed by atoms with Gasteiger partial charge in [0.25, 0.3) is 10.7 Å². The van der Waals surface area contributed by atoms with Crippen molar-refractivity contribution in [2.75, 3.05) is 0 Å². The molecule has 0 unspecified atom stereocenters. The summed E-state index contributed by atoms with van der Waals surface area (Å²) in [6.07, 6.45) is 0. The van der Waals surface area contributed by atoms with Crippen LogP contribution in [0.5, 0.6) is 0 Å². The van der Waals surface area contributed by atoms with Crippen LogP contribution in [-0.2, 0) is 15.2 Å². The number of carbonyl (C=O) groups is 1. The predicted molar refractivity (Wildman–Crippen MR) is 69.4 cm³/mol. The standard InChI is InChI=1S/C14H11NO5/c16-13(17)14(20-15(18)19,11-7-3-1-4-8-11)12-9-5-2-6-10-12/h1-10H,(H,16,17). The fourth-order valence-corrected chi connectivity index (χ4v) is 2.02. The van der Waals surface area contributed by atoms with E-state index in [2.05, 4.69) is 4.84 Å². The van der Waals surface area contributed by atoms with Crippen molar-refractivity contribution in [2.24, 2.45) is 0 Å². The van der Waals surface area contributed by atoms with Gasteiger partial charge in [-0.25, -0.2) is 4.79 Å². The molecule has 1 N–H and O–H groups in total. The Bertz CT molecular complexity index is 572. The number of aliphatic carboxylic acids is 1. The molecule has 0 saturated carbocycles. The number of nitrogens with zero attached hydrogens (tertiary/aromatic N) is 1. The highest BCUT2D eigenvalue weighted by atomic mass is 17.0. The van der Waals surface area contributed by atoms with Gasteiger partial charge >= 0.3 is 5.97 Å². The van der Waals surface area contributed by atoms with E-state index < -0.39 is 16.7 Å². The summed E-state index contributed by atoms with van der Waals surface area (Å²) in [7, 11) is 0. The van der Waals surface area contributed by atoms with Crippen molar-refractivity contribution in [3.63, 3.8) is 0 Å². The van der Waals surface area contributed by atoms with Gasteiger partial charge in [-0.2, -0.15) is 0 Å². The molecule has 2 rings (SSSR count). The van der Waals surface area contributed by atoms with Gasteiger partial charge in [0.1, 0.15) is 0 Å². The summed E-state index contributed by atoms with van der Waals surface area (Å²) in [5, 5.41) is 19.2. The van der Waals surface area contributed by atoms with Gasteiger partial charge in [-0.15, -0.1) is 10.1 Å². The van der Waals surface area contributed by atoms with E-state index in [1.54, 1.807) is 36.4 Å². The zero-order valence-corrected chi connectivity index (χ0v) is 10.3. The molecule has 0 aliphatic carbocycles. The Morgan fingerprint density at radius 1 is 1.00 bits per heavy atom. The molecule has 0 aliphatic rings. The lowest BCUT2D eigenvalue weighted by Gasteiger charge is -2.27. The summed E-state index contributed by atoms with van der Waals surface area (Å²) in [6.45, 7) is 0. The van der Waals surface area contributed by atoms with Crippen LogP contribution in [0.4, 0.5) is 0 Å². The molecule has 0 fully saturated rings. The average Bonchev–Trinajstić information content (AvgIpc) is 2.46. The number of carboxylic acids is 1. The van der Waals surface area contributed by atoms with Crippen LogP contribution in [0, 0.1) is 10.1 Å². The molecular formula is C14H11NO5. The van der Waals surface area contributed by atoms with Gasteiger partial charge in [0.15, 0.2) is 0 Å². The molecule has 0 saturated heterocycles. The molecule has 0 heterocycles. The second kappa shape index (κ2) is 5.40. The first kappa shape index (κ1) is 13.5. The third kappa shape index (κ3) is 2.31. The Balaban J connectivity index is 2.69. The Labute approximate surface area is 114 Å². The molecule has 0 atom stereocenters. The summed E-state index contributed by atoms with van der Waals surface area (Å²) in [5.74, 6) is -1.45. The zero-order chi connectivity index (χ0) is 14.6. The molecule has 2 aromatic rings. The fraction of sp³-hybridized carbons (Fsp3) is 0.0714. The maximum atomic E-state index is 11.7. The van der Waals surface area contributed by atoms with E-state index in [4.69, 9.17) is 0 Å². The van der Waals surface area contributed by atoms with Crippen LogP contribution in [-0.4, -0.2) is 16.2 Å². The van der Waals surface area contributed by atoms with Gasteiger partial charge in [-0.3, -0.25) is 4.84 Å². The minimum atomic E-state index is -2.17. The largest absolute Gasteiger partial charge is 0.479 e. The van der Waals surface area contributed by atoms with Crippen LogP contribution in [0.2, 0.25) is 0 Å². The van der Waals surface area contributed by atoms with Gasteiger partial charge < -0.3 is 5.11 Å². The quantitative estimate of drug-likeness (QED) is 0.666. The number of carboxylic acid groups (broad SMARTS) is 1. The van der Waals surface area contributed by atoms with E-state index in [9.17, 15) is 20.0 Å². The highest BCUT2D eigenvalue weighted by Gasteiger charge is 2.46. The lowest BCUT2D eigenvalue weighted by molar-refractivity contribution is -0.776. The first-order chi connectivity index (χ1) is 9.57. The van der Waals surface area contributed by atoms with Gasteiger partial charge in [-0.1, -0.05) is 60.7 Å². The molecule has 102 valence electrons. The van der Waals surface area contributed by atoms with Crippen LogP contribution in [0.1, 0.15) is 11.1 Å². The van der Waals surface area contributed by atoms with E-state index >= 15 is 0 Å². The minimum absolute atomic E-state index is 0.176. The van der Waals surface area contributed by atoms with E-state index in [0.717, 1.165) is 0 Å². The van der Waals surface area contributed by atoms with Crippen LogP contribution in [0.15, 0.2) is 60.7 Å². The average molecular weight is 273 g/mol. The van der Waals surface area contributed by atoms with E-state index in [0.29, 0.717) is 0 Å². The molecule has 2 aromatic carbocycles. The number of rotatable bonds is 5. The summed E-state index contributed by atoms with van der Waals surface area (Å²) in [5.41, 5.74) is -1.82. The SMILES string of the molecule is O=C(O)C(O[N+](=O)[O-])(c1ccccc1)c1ccccc1. The normalized spacial score (nSPS) is 10.8. The van der Waals surface area contributed by atoms with Gasteiger partial charge in [-0.05, 0) is 11.1 Å². The van der Waals surface area contributed by atoms with E-state index in [1.165, 1.54) is 24.3 Å². The predicted octanol–water partition coefficient (Wildman–Crippen LogP) is 2.22. The molecule has 0 bridgehead atoms. The molecule has 0 aromatic heterocycles. The van der Waals surface area contributed by atoms with Crippen molar-refractivity contribution in [2.45, 2.75) is 5.60 Å². The maximum absolute atomic E-state index is 11.7. The van der Waals surface area contributed by atoms with Crippen molar-refractivity contribution >= 4 is 5.97 Å². The molecule has 0 amide bonds. The van der Waals surface area contributed by atoms with Gasteiger partial charge in [0, 0.05) is 0 Å². The second-order valence-corrected chi connectivity index (χ2v) is 4.03. The summed E-state index contributed by atoms with van der Waals surface area (Å²) >= 11 is 0. The smallest absolute Gasteiger partial charge is 0.345 e. The van der Waals surface area contributed by atoms with Crippen molar-refractivity contribution in [1.29, 1.82) is 0 Å². The molecular weight excluding hydrogens is 262 g/mol.